The molecule has 198 valence electrons. The number of β-amino-alcohol motifs (C(OH)–C–C–N with tert-alkyl or cyclic N) is 1. The molecule has 0 saturated carbocycles. The first-order valence-electron chi connectivity index (χ1n) is 12.8. The summed E-state index contributed by atoms with van der Waals surface area (Å²) < 4.78 is 20.7. The van der Waals surface area contributed by atoms with Gasteiger partial charge in [0, 0.05) is 62.7 Å². The highest BCUT2D eigenvalue weighted by Gasteiger charge is 2.29. The number of nitrogens with one attached hydrogen (secondary N) is 1. The van der Waals surface area contributed by atoms with Crippen LogP contribution in [-0.2, 0) is 17.7 Å². The first-order chi connectivity index (χ1) is 18.4. The van der Waals surface area contributed by atoms with E-state index in [9.17, 15) is 15.0 Å². The molecule has 2 aromatic carbocycles. The minimum atomic E-state index is -0.631. The highest BCUT2D eigenvalue weighted by molar-refractivity contribution is 5.45. The van der Waals surface area contributed by atoms with Gasteiger partial charge in [-0.3, -0.25) is 14.6 Å². The lowest BCUT2D eigenvalue weighted by atomic mass is 9.90. The van der Waals surface area contributed by atoms with Crippen molar-refractivity contribution in [1.29, 1.82) is 0 Å². The number of likely N-dealkylation sites (tertiary alicyclic amines) is 1. The van der Waals surface area contributed by atoms with Gasteiger partial charge < -0.3 is 19.9 Å². The van der Waals surface area contributed by atoms with Crippen molar-refractivity contribution in [3.63, 3.8) is 0 Å². The minimum absolute atomic E-state index is 0.182. The van der Waals surface area contributed by atoms with Gasteiger partial charge in [-0.15, -0.1) is 0 Å². The lowest BCUT2D eigenvalue weighted by Crippen LogP contribution is -2.52. The number of rotatable bonds is 7. The molecule has 2 fully saturated rings. The van der Waals surface area contributed by atoms with E-state index < -0.39 is 23.2 Å². The van der Waals surface area contributed by atoms with E-state index in [-0.39, 0.29) is 18.0 Å². The zero-order valence-electron chi connectivity index (χ0n) is 21.1. The number of nitrogens with zero attached hydrogens (tertiary/aromatic N) is 3. The van der Waals surface area contributed by atoms with E-state index in [1.165, 1.54) is 18.0 Å². The largest absolute Gasteiger partial charge is 0.502 e. The summed E-state index contributed by atoms with van der Waals surface area (Å²) >= 11 is 0. The number of aromatic hydroxyl groups is 1. The molecule has 2 aliphatic rings. The van der Waals surface area contributed by atoms with Crippen LogP contribution in [0.15, 0.2) is 53.6 Å². The van der Waals surface area contributed by atoms with Gasteiger partial charge in [0.15, 0.2) is 0 Å². The fourth-order valence-electron chi connectivity index (χ4n) is 4.88. The van der Waals surface area contributed by atoms with Gasteiger partial charge in [-0.25, -0.2) is 9.37 Å². The number of aliphatic hydroxyl groups is 1. The smallest absolute Gasteiger partial charge is 0.293 e. The van der Waals surface area contributed by atoms with Crippen molar-refractivity contribution in [3.8, 4) is 17.6 Å². The van der Waals surface area contributed by atoms with Crippen LogP contribution in [-0.4, -0.2) is 82.0 Å². The number of hydrogen-bond acceptors (Lipinski definition) is 7. The summed E-state index contributed by atoms with van der Waals surface area (Å²) in [5, 5.41) is 19.8. The number of H-pyrrole nitrogens is 1. The second-order valence-electron chi connectivity index (χ2n) is 9.87. The Hall–Kier alpha value is -3.55. The van der Waals surface area contributed by atoms with Gasteiger partial charge in [0.2, 0.25) is 5.75 Å². The van der Waals surface area contributed by atoms with Crippen molar-refractivity contribution in [1.82, 2.24) is 19.8 Å². The van der Waals surface area contributed by atoms with Gasteiger partial charge in [-0.1, -0.05) is 30.0 Å². The summed E-state index contributed by atoms with van der Waals surface area (Å²) in [6, 6.07) is 13.0. The summed E-state index contributed by atoms with van der Waals surface area (Å²) in [6.07, 6.45) is 1.02. The summed E-state index contributed by atoms with van der Waals surface area (Å²) in [6.45, 7) is 5.76. The highest BCUT2D eigenvalue weighted by Crippen LogP contribution is 2.28. The molecule has 2 aliphatic heterocycles. The van der Waals surface area contributed by atoms with Gasteiger partial charge in [-0.05, 0) is 35.4 Å². The second-order valence-corrected chi connectivity index (χ2v) is 9.87. The first kappa shape index (κ1) is 26.1. The quantitative estimate of drug-likeness (QED) is 0.411. The maximum Gasteiger partial charge on any atom is 0.293 e. The summed E-state index contributed by atoms with van der Waals surface area (Å²) in [4.78, 5) is 22.6. The van der Waals surface area contributed by atoms with E-state index in [2.05, 4.69) is 38.8 Å². The number of aromatic nitrogens is 2. The third-order valence-corrected chi connectivity index (χ3v) is 7.02. The zero-order valence-corrected chi connectivity index (χ0v) is 21.1. The monoisotopic (exact) mass is 518 g/mol. The van der Waals surface area contributed by atoms with E-state index in [0.717, 1.165) is 38.4 Å². The van der Waals surface area contributed by atoms with Crippen LogP contribution in [0.1, 0.15) is 33.9 Å². The molecule has 9 heteroatoms. The Labute approximate surface area is 220 Å². The summed E-state index contributed by atoms with van der Waals surface area (Å²) in [5.74, 6) is 4.92. The normalized spacial score (nSPS) is 17.4. The molecule has 0 spiro atoms. The lowest BCUT2D eigenvalue weighted by Gasteiger charge is -2.38. The number of ether oxygens (including phenoxy) is 1. The Morgan fingerprint density at radius 1 is 1.08 bits per heavy atom. The molecule has 3 aromatic rings. The van der Waals surface area contributed by atoms with Crippen molar-refractivity contribution in [2.45, 2.75) is 25.0 Å². The molecule has 1 atom stereocenters. The van der Waals surface area contributed by atoms with Gasteiger partial charge >= 0.3 is 0 Å². The lowest BCUT2D eigenvalue weighted by molar-refractivity contribution is -0.00144. The van der Waals surface area contributed by atoms with Gasteiger partial charge in [0.25, 0.3) is 5.56 Å². The molecule has 0 aliphatic carbocycles. The van der Waals surface area contributed by atoms with E-state index in [4.69, 9.17) is 4.74 Å². The maximum atomic E-state index is 15.3. The Morgan fingerprint density at radius 3 is 2.50 bits per heavy atom. The average Bonchev–Trinajstić information content (AvgIpc) is 2.90. The van der Waals surface area contributed by atoms with Gasteiger partial charge in [0.1, 0.15) is 5.82 Å². The van der Waals surface area contributed by atoms with E-state index >= 15 is 4.39 Å². The summed E-state index contributed by atoms with van der Waals surface area (Å²) in [5.41, 5.74) is 2.65. The fourth-order valence-corrected chi connectivity index (χ4v) is 4.88. The number of halogens is 1. The number of hydrogen-bond donors (Lipinski definition) is 3. The van der Waals surface area contributed by atoms with E-state index in [1.807, 2.05) is 17.0 Å². The molecule has 2 saturated heterocycles. The standard InChI is InChI=1S/C29H31FN4O4/c30-26-13-21(4-1-20-2-5-22(6-3-20)15-33-9-11-38-12-10-33)7-8-25(26)23(16-34-17-24(35)18-34)14-27-28(36)29(37)32-19-31-27/h2-3,5-8,13,19,23-24,35-36H,9-12,14-18H2,(H,31,32,37)/t23-/m1/s1. The molecule has 0 radical (unpaired) electrons. The van der Waals surface area contributed by atoms with Crippen molar-refractivity contribution in [3.05, 3.63) is 92.9 Å². The molecule has 0 unspecified atom stereocenters. The third-order valence-electron chi connectivity index (χ3n) is 7.02. The summed E-state index contributed by atoms with van der Waals surface area (Å²) in [7, 11) is 0. The fraction of sp³-hybridized carbons (Fsp3) is 0.379. The average molecular weight is 519 g/mol. The topological polar surface area (TPSA) is 102 Å². The molecule has 3 N–H and O–H groups in total. The predicted octanol–water partition coefficient (Wildman–Crippen LogP) is 1.85. The Kier molecular flexibility index (Phi) is 8.15. The van der Waals surface area contributed by atoms with Gasteiger partial charge in [-0.2, -0.15) is 0 Å². The number of benzene rings is 2. The zero-order chi connectivity index (χ0) is 26.5. The molecule has 0 amide bonds. The van der Waals surface area contributed by atoms with Crippen molar-refractivity contribution in [2.75, 3.05) is 45.9 Å². The minimum Gasteiger partial charge on any atom is -0.502 e. The van der Waals surface area contributed by atoms with Crippen LogP contribution in [0.3, 0.4) is 0 Å². The van der Waals surface area contributed by atoms with Crippen LogP contribution in [0.4, 0.5) is 4.39 Å². The third kappa shape index (κ3) is 6.47. The molecule has 3 heterocycles. The molecule has 1 aromatic heterocycles. The predicted molar refractivity (Wildman–Crippen MR) is 140 cm³/mol. The van der Waals surface area contributed by atoms with Crippen LogP contribution < -0.4 is 5.56 Å². The van der Waals surface area contributed by atoms with Crippen LogP contribution >= 0.6 is 0 Å². The Balaban J connectivity index is 1.30. The number of aromatic amines is 1. The Morgan fingerprint density at radius 2 is 1.79 bits per heavy atom. The van der Waals surface area contributed by atoms with Crippen LogP contribution in [0, 0.1) is 17.7 Å². The van der Waals surface area contributed by atoms with Crippen LogP contribution in [0.5, 0.6) is 5.75 Å². The number of morpholine rings is 1. The van der Waals surface area contributed by atoms with E-state index in [1.54, 1.807) is 12.1 Å². The van der Waals surface area contributed by atoms with Crippen LogP contribution in [0.2, 0.25) is 0 Å². The molecular weight excluding hydrogens is 487 g/mol. The first-order valence-corrected chi connectivity index (χ1v) is 12.8. The van der Waals surface area contributed by atoms with Crippen molar-refractivity contribution < 1.29 is 19.3 Å². The SMILES string of the molecule is O=c1[nH]cnc(C[C@H](CN2CC(O)C2)c2ccc(C#Cc3ccc(CN4CCOCC4)cc3)cc2F)c1O. The van der Waals surface area contributed by atoms with Crippen molar-refractivity contribution >= 4 is 0 Å². The molecular formula is C29H31FN4O4. The van der Waals surface area contributed by atoms with Gasteiger partial charge in [0.05, 0.1) is 31.3 Å². The molecule has 38 heavy (non-hydrogen) atoms. The molecule has 8 nitrogen and oxygen atoms in total. The molecule has 0 bridgehead atoms. The second kappa shape index (κ2) is 11.9. The maximum absolute atomic E-state index is 15.3. The number of aliphatic hydroxyl groups excluding tert-OH is 1. The highest BCUT2D eigenvalue weighted by atomic mass is 19.1. The Bertz CT molecular complexity index is 1370. The van der Waals surface area contributed by atoms with Crippen LogP contribution in [0.25, 0.3) is 0 Å². The van der Waals surface area contributed by atoms with E-state index in [0.29, 0.717) is 30.8 Å². The molecule has 5 rings (SSSR count). The van der Waals surface area contributed by atoms with Crippen molar-refractivity contribution in [2.24, 2.45) is 0 Å².